The van der Waals surface area contributed by atoms with Crippen LogP contribution in [0.3, 0.4) is 0 Å². The van der Waals surface area contributed by atoms with Crippen LogP contribution < -0.4 is 21.1 Å². The van der Waals surface area contributed by atoms with Crippen molar-refractivity contribution in [2.45, 2.75) is 130 Å². The van der Waals surface area contributed by atoms with Gasteiger partial charge in [0, 0.05) is 86.0 Å². The van der Waals surface area contributed by atoms with Crippen molar-refractivity contribution in [1.29, 1.82) is 0 Å². The van der Waals surface area contributed by atoms with Gasteiger partial charge >= 0.3 is 13.1 Å². The summed E-state index contributed by atoms with van der Waals surface area (Å²) in [5.41, 5.74) is 8.72. The number of hydrogen-bond donors (Lipinski definition) is 2. The Labute approximate surface area is 414 Å². The van der Waals surface area contributed by atoms with Gasteiger partial charge in [0.05, 0.1) is 52.2 Å². The number of hydrazine groups is 1. The molecule has 3 aromatic heterocycles. The zero-order chi connectivity index (χ0) is 48.9. The first kappa shape index (κ1) is 50.5. The Balaban J connectivity index is 1.08. The lowest BCUT2D eigenvalue weighted by Crippen LogP contribution is -2.60. The molecule has 0 unspecified atom stereocenters. The molecule has 6 heterocycles. The molecule has 2 N–H and O–H groups in total. The van der Waals surface area contributed by atoms with Crippen LogP contribution in [0.25, 0.3) is 22.2 Å². The van der Waals surface area contributed by atoms with Crippen LogP contribution in [0.5, 0.6) is 0 Å². The Morgan fingerprint density at radius 1 is 1.09 bits per heavy atom. The zero-order valence-corrected chi connectivity index (χ0v) is 44.1. The number of hydrogen-bond acceptors (Lipinski definition) is 13. The van der Waals surface area contributed by atoms with Gasteiger partial charge in [-0.05, 0) is 119 Å². The van der Waals surface area contributed by atoms with E-state index in [1.807, 2.05) is 25.4 Å². The first-order valence-corrected chi connectivity index (χ1v) is 26.0. The minimum Gasteiger partial charge on any atom is -0.464 e. The Morgan fingerprint density at radius 3 is 2.43 bits per heavy atom. The fraction of sp³-hybridized carbons (Fsp3) is 0.620. The summed E-state index contributed by atoms with van der Waals surface area (Å²) in [6.45, 7) is 23.7. The number of likely N-dealkylation sites (N-methyl/N-ethyl adjacent to an activating group) is 1. The van der Waals surface area contributed by atoms with Gasteiger partial charge in [0.15, 0.2) is 0 Å². The molecule has 68 heavy (non-hydrogen) atoms. The van der Waals surface area contributed by atoms with E-state index < -0.39 is 41.8 Å². The lowest BCUT2D eigenvalue weighted by atomic mass is 9.77. The van der Waals surface area contributed by atoms with E-state index in [1.165, 1.54) is 16.3 Å². The molecule has 5 atom stereocenters. The summed E-state index contributed by atoms with van der Waals surface area (Å²) in [6.07, 6.45) is 4.42. The van der Waals surface area contributed by atoms with Crippen LogP contribution in [0.1, 0.15) is 104 Å². The Bertz CT molecular complexity index is 2490. The topological polar surface area (TPSA) is 153 Å². The molecule has 2 amide bonds. The van der Waals surface area contributed by atoms with Gasteiger partial charge in [0.1, 0.15) is 16.7 Å². The van der Waals surface area contributed by atoms with Gasteiger partial charge < -0.3 is 38.5 Å². The van der Waals surface area contributed by atoms with Gasteiger partial charge in [0.25, 0.3) is 5.91 Å². The van der Waals surface area contributed by atoms with E-state index in [1.54, 1.807) is 7.11 Å². The molecule has 3 aliphatic heterocycles. The lowest BCUT2D eigenvalue weighted by molar-refractivity contribution is -0.155. The highest BCUT2D eigenvalue weighted by Gasteiger charge is 2.52. The fourth-order valence-electron chi connectivity index (χ4n) is 9.63. The number of benzene rings is 1. The number of piperazine rings is 1. The van der Waals surface area contributed by atoms with Crippen LogP contribution in [0.2, 0.25) is 0 Å². The number of aromatic nitrogens is 3. The molecule has 3 saturated heterocycles. The standard InChI is InChI=1S/C50H70BBrN8O7S/c1-12-59-40-16-15-32(51-66-49(6,7)50(8,9)67-51)23-35(40)37(44(59)36-24-33(27-53-43(36)31(3)64-11)58-20-18-57(10)19-21-58)26-48(4,5)29-65-47(63)38-14-13-17-60(56-38)46(62)39(25-42-55-41(52)28-68-42)54-45(61)34-22-30(34)2/h15-16,23-24,27-28,30-31,34,38-39,56H,12-14,17-22,25-26,29H2,1-11H3,(H,54,61)/t30-,31-,34-,38-,39-/m0/s1. The normalized spacial score (nSPS) is 22.6. The molecule has 4 aliphatic rings. The van der Waals surface area contributed by atoms with Crippen molar-refractivity contribution in [3.8, 4) is 11.3 Å². The predicted molar refractivity (Wildman–Crippen MR) is 271 cm³/mol. The fourth-order valence-corrected chi connectivity index (χ4v) is 10.9. The molecule has 0 bridgehead atoms. The van der Waals surface area contributed by atoms with Crippen molar-refractivity contribution in [3.05, 3.63) is 56.7 Å². The third-order valence-corrected chi connectivity index (χ3v) is 16.3. The number of esters is 1. The van der Waals surface area contributed by atoms with Gasteiger partial charge in [0.2, 0.25) is 5.91 Å². The van der Waals surface area contributed by atoms with E-state index in [0.717, 1.165) is 82.2 Å². The minimum atomic E-state index is -0.830. The summed E-state index contributed by atoms with van der Waals surface area (Å²) >= 11 is 4.84. The molecule has 1 aliphatic carbocycles. The molecule has 0 radical (unpaired) electrons. The average Bonchev–Trinajstić information content (AvgIpc) is 3.68. The van der Waals surface area contributed by atoms with E-state index in [4.69, 9.17) is 23.8 Å². The average molecular weight is 1020 g/mol. The number of amides is 2. The van der Waals surface area contributed by atoms with Gasteiger partial charge in [-0.25, -0.2) is 10.4 Å². The van der Waals surface area contributed by atoms with Gasteiger partial charge in [-0.1, -0.05) is 32.9 Å². The molecule has 1 aromatic carbocycles. The number of rotatable bonds is 16. The third kappa shape index (κ3) is 10.7. The number of methoxy groups -OCH3 is 1. The monoisotopic (exact) mass is 1020 g/mol. The summed E-state index contributed by atoms with van der Waals surface area (Å²) < 4.78 is 28.5. The lowest BCUT2D eigenvalue weighted by Gasteiger charge is -2.35. The highest BCUT2D eigenvalue weighted by Crippen LogP contribution is 2.43. The van der Waals surface area contributed by atoms with Crippen molar-refractivity contribution in [3.63, 3.8) is 0 Å². The number of nitrogens with zero attached hydrogens (tertiary/aromatic N) is 6. The molecular formula is C50H70BBrN8O7S. The predicted octanol–water partition coefficient (Wildman–Crippen LogP) is 6.69. The van der Waals surface area contributed by atoms with E-state index >= 15 is 0 Å². The summed E-state index contributed by atoms with van der Waals surface area (Å²) in [4.78, 5) is 55.8. The van der Waals surface area contributed by atoms with Crippen molar-refractivity contribution in [2.75, 3.05) is 58.4 Å². The van der Waals surface area contributed by atoms with Crippen LogP contribution in [0.4, 0.5) is 5.69 Å². The number of pyridine rings is 1. The number of nitrogens with one attached hydrogen (secondary N) is 2. The molecule has 4 aromatic rings. The second kappa shape index (κ2) is 20.1. The van der Waals surface area contributed by atoms with Gasteiger partial charge in [-0.3, -0.25) is 24.4 Å². The molecule has 0 spiro atoms. The van der Waals surface area contributed by atoms with Crippen molar-refractivity contribution < 1.29 is 33.2 Å². The number of carbonyl (C=O) groups is 3. The van der Waals surface area contributed by atoms with E-state index in [2.05, 4.69) is 126 Å². The number of halogens is 1. The van der Waals surface area contributed by atoms with Crippen LogP contribution in [0, 0.1) is 17.3 Å². The third-order valence-electron chi connectivity index (χ3n) is 14.8. The van der Waals surface area contributed by atoms with Crippen LogP contribution >= 0.6 is 27.3 Å². The van der Waals surface area contributed by atoms with E-state index in [0.29, 0.717) is 42.9 Å². The first-order chi connectivity index (χ1) is 32.2. The molecular weight excluding hydrogens is 947 g/mol. The van der Waals surface area contributed by atoms with E-state index in [9.17, 15) is 14.4 Å². The molecule has 4 fully saturated rings. The van der Waals surface area contributed by atoms with Gasteiger partial charge in [-0.2, -0.15) is 0 Å². The second-order valence-electron chi connectivity index (χ2n) is 21.1. The van der Waals surface area contributed by atoms with Crippen molar-refractivity contribution in [2.24, 2.45) is 17.3 Å². The molecule has 368 valence electrons. The van der Waals surface area contributed by atoms with Crippen molar-refractivity contribution >= 4 is 74.2 Å². The Hall–Kier alpha value is -3.91. The second-order valence-corrected chi connectivity index (χ2v) is 22.9. The molecule has 1 saturated carbocycles. The van der Waals surface area contributed by atoms with Crippen LogP contribution in [0.15, 0.2) is 40.4 Å². The number of anilines is 1. The summed E-state index contributed by atoms with van der Waals surface area (Å²) in [7, 11) is 3.33. The maximum atomic E-state index is 14.1. The number of ether oxygens (including phenoxy) is 2. The minimum absolute atomic E-state index is 0.0968. The molecule has 8 rings (SSSR count). The largest absolute Gasteiger partial charge is 0.494 e. The molecule has 15 nitrogen and oxygen atoms in total. The smallest absolute Gasteiger partial charge is 0.464 e. The Morgan fingerprint density at radius 2 is 1.79 bits per heavy atom. The van der Waals surface area contributed by atoms with Crippen molar-refractivity contribution in [1.82, 2.24) is 35.2 Å². The summed E-state index contributed by atoms with van der Waals surface area (Å²) in [6, 6.07) is 7.23. The highest BCUT2D eigenvalue weighted by molar-refractivity contribution is 9.10. The summed E-state index contributed by atoms with van der Waals surface area (Å²) in [5, 5.41) is 8.15. The van der Waals surface area contributed by atoms with E-state index in [-0.39, 0.29) is 36.9 Å². The zero-order valence-electron chi connectivity index (χ0n) is 41.7. The SMILES string of the molecule is CCn1c(-c2cc(N3CCN(C)CC3)cnc2[C@H](C)OC)c(CC(C)(C)COC(=O)[C@@H]2CCCN(C(=O)[C@H](Cc3nc(Br)cs3)NC(=O)[C@H]3C[C@@H]3C)N2)c2cc(B3OC(C)(C)C(C)(C)O3)ccc21. The number of aryl methyl sites for hydroxylation is 1. The molecule has 18 heteroatoms. The van der Waals surface area contributed by atoms with Gasteiger partial charge in [-0.15, -0.1) is 11.3 Å². The first-order valence-electron chi connectivity index (χ1n) is 24.3. The van der Waals surface area contributed by atoms with Crippen LogP contribution in [-0.2, 0) is 52.6 Å². The number of fused-ring (bicyclic) bond motifs is 1. The highest BCUT2D eigenvalue weighted by atomic mass is 79.9. The summed E-state index contributed by atoms with van der Waals surface area (Å²) in [5.74, 6) is -0.658. The number of carbonyl (C=O) groups excluding carboxylic acids is 3. The quantitative estimate of drug-likeness (QED) is 0.0909. The maximum Gasteiger partial charge on any atom is 0.494 e. The Kier molecular flexibility index (Phi) is 14.9. The van der Waals surface area contributed by atoms with Crippen LogP contribution in [-0.4, -0.2) is 126 Å². The maximum absolute atomic E-state index is 14.1. The number of thiazole rings is 1.